The second kappa shape index (κ2) is 5.95. The third kappa shape index (κ3) is 3.54. The number of hydrogen-bond acceptors (Lipinski definition) is 5. The summed E-state index contributed by atoms with van der Waals surface area (Å²) in [5.41, 5.74) is -1.07. The molecule has 1 aliphatic rings. The van der Waals surface area contributed by atoms with Gasteiger partial charge < -0.3 is 9.88 Å². The Balaban J connectivity index is 1.80. The van der Waals surface area contributed by atoms with Crippen LogP contribution in [0.4, 0.5) is 19.0 Å². The normalized spacial score (nSPS) is 19.1. The van der Waals surface area contributed by atoms with E-state index in [2.05, 4.69) is 15.0 Å². The number of aromatic nitrogens is 3. The molecule has 0 aliphatic carbocycles. The molecular weight excluding hydrogens is 329 g/mol. The molecule has 3 heterocycles. The fourth-order valence-electron chi connectivity index (χ4n) is 2.72. The number of thiazole rings is 1. The standard InChI is InChI=1S/C14H15F3N4OS/c1-8-18-11(5-12(22)19-8)21-4-2-3-9(6-21)13-20-10(7-23-13)14(15,16)17/h5,7,9H,2-4,6H2,1H3,(H,18,19,22). The summed E-state index contributed by atoms with van der Waals surface area (Å²) in [5.74, 6) is 0.998. The lowest BCUT2D eigenvalue weighted by molar-refractivity contribution is -0.140. The minimum absolute atomic E-state index is 0.0776. The van der Waals surface area contributed by atoms with Crippen LogP contribution in [0.1, 0.15) is 35.3 Å². The van der Waals surface area contributed by atoms with Gasteiger partial charge in [-0.2, -0.15) is 13.2 Å². The lowest BCUT2D eigenvalue weighted by Crippen LogP contribution is -2.35. The molecule has 9 heteroatoms. The van der Waals surface area contributed by atoms with Gasteiger partial charge in [0.25, 0.3) is 5.56 Å². The Bertz CT molecular complexity index is 755. The van der Waals surface area contributed by atoms with Crippen LogP contribution < -0.4 is 10.5 Å². The van der Waals surface area contributed by atoms with E-state index >= 15 is 0 Å². The highest BCUT2D eigenvalue weighted by Crippen LogP contribution is 2.35. The van der Waals surface area contributed by atoms with Gasteiger partial charge in [0.05, 0.1) is 5.01 Å². The van der Waals surface area contributed by atoms with Crippen molar-refractivity contribution in [3.63, 3.8) is 0 Å². The molecule has 5 nitrogen and oxygen atoms in total. The molecule has 0 aromatic carbocycles. The van der Waals surface area contributed by atoms with E-state index in [1.807, 2.05) is 4.90 Å². The first-order chi connectivity index (χ1) is 10.8. The van der Waals surface area contributed by atoms with Crippen molar-refractivity contribution in [2.24, 2.45) is 0 Å². The Morgan fingerprint density at radius 1 is 1.39 bits per heavy atom. The second-order valence-electron chi connectivity index (χ2n) is 5.54. The lowest BCUT2D eigenvalue weighted by Gasteiger charge is -2.32. The van der Waals surface area contributed by atoms with E-state index in [4.69, 9.17) is 0 Å². The van der Waals surface area contributed by atoms with Gasteiger partial charge in [-0.15, -0.1) is 11.3 Å². The summed E-state index contributed by atoms with van der Waals surface area (Å²) < 4.78 is 38.1. The third-order valence-corrected chi connectivity index (χ3v) is 4.76. The fraction of sp³-hybridized carbons (Fsp3) is 0.500. The van der Waals surface area contributed by atoms with Crippen molar-refractivity contribution < 1.29 is 13.2 Å². The average Bonchev–Trinajstić information content (AvgIpc) is 2.96. The summed E-state index contributed by atoms with van der Waals surface area (Å²) in [6.45, 7) is 2.94. The smallest absolute Gasteiger partial charge is 0.356 e. The van der Waals surface area contributed by atoms with Crippen LogP contribution in [0.3, 0.4) is 0 Å². The molecule has 1 saturated heterocycles. The number of alkyl halides is 3. The Labute approximate surface area is 134 Å². The molecule has 0 amide bonds. The highest BCUT2D eigenvalue weighted by Gasteiger charge is 2.35. The van der Waals surface area contributed by atoms with Crippen LogP contribution in [0.2, 0.25) is 0 Å². The molecule has 0 radical (unpaired) electrons. The van der Waals surface area contributed by atoms with E-state index in [0.717, 1.165) is 36.1 Å². The van der Waals surface area contributed by atoms with Gasteiger partial charge in [0.15, 0.2) is 5.69 Å². The molecule has 2 aromatic heterocycles. The molecule has 3 rings (SSSR count). The highest BCUT2D eigenvalue weighted by molar-refractivity contribution is 7.09. The molecule has 1 atom stereocenters. The van der Waals surface area contributed by atoms with Gasteiger partial charge in [0, 0.05) is 30.5 Å². The molecule has 23 heavy (non-hydrogen) atoms. The lowest BCUT2D eigenvalue weighted by atomic mass is 9.99. The SMILES string of the molecule is Cc1nc(N2CCCC(c3nc(C(F)(F)F)cs3)C2)cc(=O)[nH]1. The predicted molar refractivity (Wildman–Crippen MR) is 80.9 cm³/mol. The number of H-pyrrole nitrogens is 1. The third-order valence-electron chi connectivity index (χ3n) is 3.75. The fourth-order valence-corrected chi connectivity index (χ4v) is 3.67. The van der Waals surface area contributed by atoms with Crippen LogP contribution in [0.5, 0.6) is 0 Å². The van der Waals surface area contributed by atoms with Crippen molar-refractivity contribution in [3.8, 4) is 0 Å². The van der Waals surface area contributed by atoms with Gasteiger partial charge in [-0.1, -0.05) is 0 Å². The number of halogens is 3. The minimum atomic E-state index is -4.41. The van der Waals surface area contributed by atoms with Gasteiger partial charge in [-0.05, 0) is 19.8 Å². The van der Waals surface area contributed by atoms with Gasteiger partial charge in [0.1, 0.15) is 11.6 Å². The summed E-state index contributed by atoms with van der Waals surface area (Å²) in [6.07, 6.45) is -2.81. The Morgan fingerprint density at radius 3 is 2.83 bits per heavy atom. The van der Waals surface area contributed by atoms with Crippen molar-refractivity contribution in [1.82, 2.24) is 15.0 Å². The molecule has 0 bridgehead atoms. The van der Waals surface area contributed by atoms with E-state index in [0.29, 0.717) is 23.2 Å². The Morgan fingerprint density at radius 2 is 2.17 bits per heavy atom. The molecule has 1 fully saturated rings. The average molecular weight is 344 g/mol. The van der Waals surface area contributed by atoms with Gasteiger partial charge >= 0.3 is 6.18 Å². The second-order valence-corrected chi connectivity index (χ2v) is 6.43. The molecule has 0 spiro atoms. The number of nitrogens with one attached hydrogen (secondary N) is 1. The van der Waals surface area contributed by atoms with Crippen LogP contribution in [-0.2, 0) is 6.18 Å². The summed E-state index contributed by atoms with van der Waals surface area (Å²) in [4.78, 5) is 24.1. The van der Waals surface area contributed by atoms with Crippen molar-refractivity contribution in [3.05, 3.63) is 38.3 Å². The van der Waals surface area contributed by atoms with E-state index in [1.54, 1.807) is 6.92 Å². The van der Waals surface area contributed by atoms with E-state index < -0.39 is 11.9 Å². The van der Waals surface area contributed by atoms with Gasteiger partial charge in [-0.3, -0.25) is 4.79 Å². The number of rotatable bonds is 2. The molecule has 124 valence electrons. The predicted octanol–water partition coefficient (Wildman–Crippen LogP) is 2.94. The van der Waals surface area contributed by atoms with Gasteiger partial charge in [-0.25, -0.2) is 9.97 Å². The molecule has 2 aromatic rings. The first kappa shape index (κ1) is 16.0. The maximum atomic E-state index is 12.7. The van der Waals surface area contributed by atoms with E-state index in [1.165, 1.54) is 6.07 Å². The maximum absolute atomic E-state index is 12.7. The summed E-state index contributed by atoms with van der Waals surface area (Å²) in [7, 11) is 0. The highest BCUT2D eigenvalue weighted by atomic mass is 32.1. The zero-order chi connectivity index (χ0) is 16.6. The zero-order valence-corrected chi connectivity index (χ0v) is 13.2. The van der Waals surface area contributed by atoms with Crippen molar-refractivity contribution >= 4 is 17.2 Å². The number of anilines is 1. The van der Waals surface area contributed by atoms with Crippen LogP contribution >= 0.6 is 11.3 Å². The summed E-state index contributed by atoms with van der Waals surface area (Å²) in [6, 6.07) is 1.42. The van der Waals surface area contributed by atoms with Crippen molar-refractivity contribution in [1.29, 1.82) is 0 Å². The number of nitrogens with zero attached hydrogens (tertiary/aromatic N) is 3. The zero-order valence-electron chi connectivity index (χ0n) is 12.4. The monoisotopic (exact) mass is 344 g/mol. The molecular formula is C14H15F3N4OS. The van der Waals surface area contributed by atoms with Crippen molar-refractivity contribution in [2.45, 2.75) is 31.9 Å². The Hall–Kier alpha value is -1.90. The summed E-state index contributed by atoms with van der Waals surface area (Å²) >= 11 is 1.04. The quantitative estimate of drug-likeness (QED) is 0.910. The van der Waals surface area contributed by atoms with Crippen LogP contribution in [-0.4, -0.2) is 28.0 Å². The first-order valence-electron chi connectivity index (χ1n) is 7.18. The topological polar surface area (TPSA) is 61.9 Å². The van der Waals surface area contributed by atoms with E-state index in [9.17, 15) is 18.0 Å². The van der Waals surface area contributed by atoms with Crippen LogP contribution in [0.15, 0.2) is 16.2 Å². The molecule has 0 saturated carbocycles. The van der Waals surface area contributed by atoms with Crippen molar-refractivity contribution in [2.75, 3.05) is 18.0 Å². The van der Waals surface area contributed by atoms with Gasteiger partial charge in [0.2, 0.25) is 0 Å². The number of aryl methyl sites for hydroxylation is 1. The first-order valence-corrected chi connectivity index (χ1v) is 8.06. The van der Waals surface area contributed by atoms with Crippen LogP contribution in [0, 0.1) is 6.92 Å². The number of hydrogen-bond donors (Lipinski definition) is 1. The van der Waals surface area contributed by atoms with E-state index in [-0.39, 0.29) is 11.5 Å². The van der Waals surface area contributed by atoms with Crippen LogP contribution in [0.25, 0.3) is 0 Å². The summed E-state index contributed by atoms with van der Waals surface area (Å²) in [5, 5.41) is 1.55. The largest absolute Gasteiger partial charge is 0.434 e. The molecule has 1 N–H and O–H groups in total. The maximum Gasteiger partial charge on any atom is 0.434 e. The number of aromatic amines is 1. The molecule has 1 unspecified atom stereocenters. The molecule has 1 aliphatic heterocycles. The Kier molecular flexibility index (Phi) is 4.13. The minimum Gasteiger partial charge on any atom is -0.356 e. The number of piperidine rings is 1.